The van der Waals surface area contributed by atoms with Crippen LogP contribution < -0.4 is 0 Å². The maximum atomic E-state index is 13.3. The molecule has 1 N–H and O–H groups in total. The van der Waals surface area contributed by atoms with Crippen molar-refractivity contribution in [3.8, 4) is 22.3 Å². The predicted molar refractivity (Wildman–Crippen MR) is 157 cm³/mol. The summed E-state index contributed by atoms with van der Waals surface area (Å²) in [6.07, 6.45) is 0.287. The van der Waals surface area contributed by atoms with Gasteiger partial charge in [-0.3, -0.25) is 4.52 Å². The van der Waals surface area contributed by atoms with E-state index in [-0.39, 0.29) is 6.10 Å². The number of aromatic amines is 1. The Morgan fingerprint density at radius 1 is 0.921 bits per heavy atom. The number of hydrogen-bond donors (Lipinski definition) is 1. The van der Waals surface area contributed by atoms with Crippen LogP contribution in [0.2, 0.25) is 10.0 Å². The lowest BCUT2D eigenvalue weighted by atomic mass is 10.00. The molecule has 38 heavy (non-hydrogen) atoms. The third kappa shape index (κ3) is 5.57. The Balaban J connectivity index is 1.18. The molecule has 192 valence electrons. The summed E-state index contributed by atoms with van der Waals surface area (Å²) < 4.78 is 24.8. The van der Waals surface area contributed by atoms with Crippen molar-refractivity contribution in [1.29, 1.82) is 0 Å². The second-order valence-electron chi connectivity index (χ2n) is 8.97. The molecule has 0 spiro atoms. The van der Waals surface area contributed by atoms with Crippen molar-refractivity contribution in [3.63, 3.8) is 0 Å². The van der Waals surface area contributed by atoms with E-state index >= 15 is 0 Å². The minimum Gasteiger partial charge on any atom is -0.341 e. The van der Waals surface area contributed by atoms with E-state index in [1.807, 2.05) is 48.5 Å². The van der Waals surface area contributed by atoms with Gasteiger partial charge in [-0.1, -0.05) is 89.9 Å². The van der Waals surface area contributed by atoms with Crippen molar-refractivity contribution >= 4 is 52.4 Å². The van der Waals surface area contributed by atoms with E-state index in [2.05, 4.69) is 41.4 Å². The molecule has 0 amide bonds. The van der Waals surface area contributed by atoms with Crippen LogP contribution in [-0.4, -0.2) is 16.6 Å². The Morgan fingerprint density at radius 2 is 1.68 bits per heavy atom. The first-order chi connectivity index (χ1) is 18.5. The van der Waals surface area contributed by atoms with Gasteiger partial charge in [-0.2, -0.15) is 0 Å². The van der Waals surface area contributed by atoms with E-state index in [9.17, 15) is 4.57 Å². The minimum absolute atomic E-state index is 0.328. The molecule has 0 aliphatic carbocycles. The van der Waals surface area contributed by atoms with Crippen molar-refractivity contribution in [2.24, 2.45) is 0 Å². The highest BCUT2D eigenvalue weighted by molar-refractivity contribution is 8.54. The largest absolute Gasteiger partial charge is 0.390 e. The Bertz CT molecular complexity index is 1640. The van der Waals surface area contributed by atoms with Crippen molar-refractivity contribution < 1.29 is 13.6 Å². The maximum absolute atomic E-state index is 13.3. The molecule has 0 radical (unpaired) electrons. The smallest absolute Gasteiger partial charge is 0.341 e. The van der Waals surface area contributed by atoms with Crippen LogP contribution in [0.3, 0.4) is 0 Å². The number of rotatable bonds is 6. The second kappa shape index (κ2) is 10.9. The second-order valence-corrected chi connectivity index (χ2v) is 13.8. The van der Waals surface area contributed by atoms with Gasteiger partial charge in [0, 0.05) is 17.0 Å². The summed E-state index contributed by atoms with van der Waals surface area (Å²) in [6, 6.07) is 29.8. The molecule has 1 aliphatic rings. The zero-order valence-electron chi connectivity index (χ0n) is 20.1. The normalized spacial score (nSPS) is 19.6. The van der Waals surface area contributed by atoms with Crippen LogP contribution >= 0.6 is 41.4 Å². The lowest BCUT2D eigenvalue weighted by Gasteiger charge is -2.29. The van der Waals surface area contributed by atoms with Crippen LogP contribution in [0.5, 0.6) is 0 Å². The molecule has 1 fully saturated rings. The Kier molecular flexibility index (Phi) is 7.37. The average molecular weight is 581 g/mol. The Morgan fingerprint density at radius 3 is 2.47 bits per heavy atom. The number of nitrogens with one attached hydrogen (secondary N) is 1. The first-order valence-corrected chi connectivity index (χ1v) is 16.0. The van der Waals surface area contributed by atoms with Crippen molar-refractivity contribution in [2.75, 3.05) is 6.61 Å². The number of halogens is 2. The molecular formula is C29H23Cl2N2O3PS. The van der Waals surface area contributed by atoms with Gasteiger partial charge in [0.1, 0.15) is 5.82 Å². The number of benzene rings is 4. The van der Waals surface area contributed by atoms with Gasteiger partial charge in [0.2, 0.25) is 0 Å². The van der Waals surface area contributed by atoms with E-state index < -0.39 is 6.80 Å². The molecule has 0 bridgehead atoms. The van der Waals surface area contributed by atoms with E-state index in [4.69, 9.17) is 37.2 Å². The molecule has 2 heterocycles. The lowest BCUT2D eigenvalue weighted by molar-refractivity contribution is 0.0923. The first-order valence-electron chi connectivity index (χ1n) is 12.1. The number of nitrogens with zero attached hydrogens (tertiary/aromatic N) is 1. The van der Waals surface area contributed by atoms with E-state index in [0.29, 0.717) is 34.7 Å². The Hall–Kier alpha value is -2.57. The molecule has 9 heteroatoms. The fraction of sp³-hybridized carbons (Fsp3) is 0.138. The number of aromatic nitrogens is 2. The molecule has 0 saturated carbocycles. The van der Waals surface area contributed by atoms with Crippen LogP contribution in [0, 0.1) is 0 Å². The summed E-state index contributed by atoms with van der Waals surface area (Å²) in [5.74, 6) is 1.01. The zero-order valence-corrected chi connectivity index (χ0v) is 23.4. The van der Waals surface area contributed by atoms with Gasteiger partial charge in [-0.25, -0.2) is 9.55 Å². The molecule has 1 saturated heterocycles. The van der Waals surface area contributed by atoms with Gasteiger partial charge < -0.3 is 9.51 Å². The molecule has 1 aliphatic heterocycles. The molecule has 2 atom stereocenters. The summed E-state index contributed by atoms with van der Waals surface area (Å²) in [4.78, 5) is 8.01. The summed E-state index contributed by atoms with van der Waals surface area (Å²) >= 11 is 13.9. The van der Waals surface area contributed by atoms with Gasteiger partial charge in [0.15, 0.2) is 0 Å². The Labute approximate surface area is 234 Å². The molecule has 2 unspecified atom stereocenters. The van der Waals surface area contributed by atoms with Crippen LogP contribution in [0.15, 0.2) is 91.0 Å². The summed E-state index contributed by atoms with van der Waals surface area (Å²) in [5, 5.41) is 1.25. The monoisotopic (exact) mass is 580 g/mol. The molecule has 5 nitrogen and oxygen atoms in total. The highest BCUT2D eigenvalue weighted by Gasteiger charge is 2.35. The van der Waals surface area contributed by atoms with Gasteiger partial charge in [-0.15, -0.1) is 0 Å². The molecule has 5 aromatic rings. The quantitative estimate of drug-likeness (QED) is 0.202. The topological polar surface area (TPSA) is 64.2 Å². The fourth-order valence-corrected chi connectivity index (χ4v) is 8.23. The zero-order chi connectivity index (χ0) is 26.1. The van der Waals surface area contributed by atoms with Gasteiger partial charge >= 0.3 is 6.80 Å². The highest BCUT2D eigenvalue weighted by atomic mass is 35.5. The average Bonchev–Trinajstić information content (AvgIpc) is 3.34. The number of fused-ring (bicyclic) bond motifs is 1. The SMILES string of the molecule is O=P1(SCc2nc3cc(-c4ccc(-c5ccccc5)cc4)c(Cl)cc3[nH]2)OCCC(c2cccc(Cl)c2)O1. The summed E-state index contributed by atoms with van der Waals surface area (Å²) in [7, 11) is 0. The van der Waals surface area contributed by atoms with Crippen LogP contribution in [0.4, 0.5) is 0 Å². The van der Waals surface area contributed by atoms with E-state index in [1.165, 1.54) is 5.56 Å². The van der Waals surface area contributed by atoms with Gasteiger partial charge in [0.25, 0.3) is 0 Å². The molecular weight excluding hydrogens is 558 g/mol. The van der Waals surface area contributed by atoms with Gasteiger partial charge in [0.05, 0.1) is 34.5 Å². The van der Waals surface area contributed by atoms with Crippen molar-refractivity contribution in [1.82, 2.24) is 9.97 Å². The number of hydrogen-bond acceptors (Lipinski definition) is 5. The highest BCUT2D eigenvalue weighted by Crippen LogP contribution is 2.66. The van der Waals surface area contributed by atoms with E-state index in [1.54, 1.807) is 6.07 Å². The third-order valence-electron chi connectivity index (χ3n) is 6.39. The van der Waals surface area contributed by atoms with Crippen LogP contribution in [-0.2, 0) is 19.4 Å². The fourth-order valence-electron chi connectivity index (χ4n) is 4.50. The number of imidazole rings is 1. The third-order valence-corrected chi connectivity index (χ3v) is 10.6. The first kappa shape index (κ1) is 25.7. The number of H-pyrrole nitrogens is 1. The predicted octanol–water partition coefficient (Wildman–Crippen LogP) is 9.72. The van der Waals surface area contributed by atoms with E-state index in [0.717, 1.165) is 44.7 Å². The minimum atomic E-state index is -3.37. The lowest BCUT2D eigenvalue weighted by Crippen LogP contribution is -2.12. The molecule has 6 rings (SSSR count). The summed E-state index contributed by atoms with van der Waals surface area (Å²) in [5.41, 5.74) is 6.72. The summed E-state index contributed by atoms with van der Waals surface area (Å²) in [6.45, 7) is -3.02. The maximum Gasteiger partial charge on any atom is 0.390 e. The van der Waals surface area contributed by atoms with Crippen LogP contribution in [0.25, 0.3) is 33.3 Å². The standard InChI is InChI=1S/C29H23Cl2N2O3PS/c30-23-8-4-7-22(15-23)28-13-14-35-37(34,36-28)38-18-29-32-26-16-24(25(31)17-27(26)33-29)21-11-9-20(10-12-21)19-5-2-1-3-6-19/h1-12,15-17,28H,13-14,18H2,(H,32,33). The van der Waals surface area contributed by atoms with Crippen molar-refractivity contribution in [3.05, 3.63) is 112 Å². The van der Waals surface area contributed by atoms with Crippen LogP contribution in [0.1, 0.15) is 23.9 Å². The van der Waals surface area contributed by atoms with Crippen molar-refractivity contribution in [2.45, 2.75) is 18.3 Å². The molecule has 1 aromatic heterocycles. The van der Waals surface area contributed by atoms with Gasteiger partial charge in [-0.05, 0) is 57.9 Å². The molecule has 4 aromatic carbocycles.